The number of carbonyl (C=O) groups excluding carboxylic acids is 1. The largest absolute Gasteiger partial charge is 0.466 e. The molecule has 0 aliphatic heterocycles. The number of esters is 1. The minimum Gasteiger partial charge on any atom is -0.466 e. The second-order valence-corrected chi connectivity index (χ2v) is 12.9. The van der Waals surface area contributed by atoms with Crippen LogP contribution in [-0.4, -0.2) is 12.6 Å². The third-order valence-electron chi connectivity index (χ3n) is 8.75. The van der Waals surface area contributed by atoms with Gasteiger partial charge in [-0.15, -0.1) is 0 Å². The van der Waals surface area contributed by atoms with Crippen molar-refractivity contribution in [2.45, 2.75) is 232 Å². The summed E-state index contributed by atoms with van der Waals surface area (Å²) in [5.41, 5.74) is 0. The number of hydrogen-bond acceptors (Lipinski definition) is 2. The molecule has 0 aliphatic carbocycles. The zero-order valence-corrected chi connectivity index (χ0v) is 28.1. The molecule has 0 N–H and O–H groups in total. The van der Waals surface area contributed by atoms with Crippen LogP contribution in [0.15, 0.2) is 0 Å². The second kappa shape index (κ2) is 36.5. The van der Waals surface area contributed by atoms with E-state index in [1.807, 2.05) is 0 Å². The molecule has 40 heavy (non-hydrogen) atoms. The molecule has 0 aromatic heterocycles. The first-order valence-corrected chi connectivity index (χ1v) is 19.0. The standard InChI is InChI=1S/C38H76O2/c1-3-5-7-9-11-13-15-17-19-20-21-22-24-26-28-30-32-34-36-38(39)40-37-35-33-31-29-27-25-23-18-16-14-12-10-8-6-4-2/h3-37H2,1-2H3. The van der Waals surface area contributed by atoms with Crippen LogP contribution in [0.25, 0.3) is 0 Å². The molecule has 0 rings (SSSR count). The topological polar surface area (TPSA) is 26.3 Å². The maximum absolute atomic E-state index is 11.9. The lowest BCUT2D eigenvalue weighted by Gasteiger charge is -2.06. The Bertz CT molecular complexity index is 460. The molecule has 0 fully saturated rings. The van der Waals surface area contributed by atoms with Crippen LogP contribution >= 0.6 is 0 Å². The van der Waals surface area contributed by atoms with Crippen LogP contribution in [0, 0.1) is 0 Å². The van der Waals surface area contributed by atoms with Gasteiger partial charge in [0, 0.05) is 6.42 Å². The van der Waals surface area contributed by atoms with Crippen LogP contribution in [0.3, 0.4) is 0 Å². The normalized spacial score (nSPS) is 11.3. The van der Waals surface area contributed by atoms with Gasteiger partial charge in [0.1, 0.15) is 0 Å². The average Bonchev–Trinajstić information content (AvgIpc) is 2.96. The van der Waals surface area contributed by atoms with E-state index in [2.05, 4.69) is 13.8 Å². The number of unbranched alkanes of at least 4 members (excludes halogenated alkanes) is 31. The van der Waals surface area contributed by atoms with Gasteiger partial charge in [0.25, 0.3) is 0 Å². The first-order valence-electron chi connectivity index (χ1n) is 19.0. The maximum atomic E-state index is 11.9. The summed E-state index contributed by atoms with van der Waals surface area (Å²) in [6.07, 6.45) is 46.0. The zero-order chi connectivity index (χ0) is 29.0. The van der Waals surface area contributed by atoms with Gasteiger partial charge in [-0.05, 0) is 12.8 Å². The van der Waals surface area contributed by atoms with Crippen molar-refractivity contribution in [2.75, 3.05) is 6.61 Å². The molecule has 0 aromatic carbocycles. The molecule has 0 saturated carbocycles. The molecule has 0 aromatic rings. The Hall–Kier alpha value is -0.530. The molecule has 2 heteroatoms. The Balaban J connectivity index is 3.14. The molecule has 240 valence electrons. The first kappa shape index (κ1) is 39.5. The van der Waals surface area contributed by atoms with E-state index in [9.17, 15) is 4.79 Å². The zero-order valence-electron chi connectivity index (χ0n) is 28.1. The van der Waals surface area contributed by atoms with Gasteiger partial charge in [-0.25, -0.2) is 0 Å². The van der Waals surface area contributed by atoms with E-state index in [1.165, 1.54) is 199 Å². The molecule has 0 spiro atoms. The Labute approximate surface area is 254 Å². The summed E-state index contributed by atoms with van der Waals surface area (Å²) in [5, 5.41) is 0. The van der Waals surface area contributed by atoms with Crippen molar-refractivity contribution in [3.05, 3.63) is 0 Å². The summed E-state index contributed by atoms with van der Waals surface area (Å²) >= 11 is 0. The highest BCUT2D eigenvalue weighted by atomic mass is 16.5. The van der Waals surface area contributed by atoms with E-state index in [0.717, 1.165) is 12.8 Å². The van der Waals surface area contributed by atoms with E-state index in [1.54, 1.807) is 0 Å². The predicted octanol–water partition coefficient (Wildman–Crippen LogP) is 13.8. The first-order chi connectivity index (χ1) is 19.8. The third kappa shape index (κ3) is 35.5. The van der Waals surface area contributed by atoms with Gasteiger partial charge in [-0.3, -0.25) is 4.79 Å². The summed E-state index contributed by atoms with van der Waals surface area (Å²) in [4.78, 5) is 11.9. The van der Waals surface area contributed by atoms with E-state index in [-0.39, 0.29) is 5.97 Å². The molecular weight excluding hydrogens is 488 g/mol. The monoisotopic (exact) mass is 565 g/mol. The summed E-state index contributed by atoms with van der Waals surface area (Å²) in [6, 6.07) is 0. The molecule has 0 radical (unpaired) electrons. The average molecular weight is 565 g/mol. The van der Waals surface area contributed by atoms with Crippen molar-refractivity contribution in [2.24, 2.45) is 0 Å². The van der Waals surface area contributed by atoms with Gasteiger partial charge < -0.3 is 4.74 Å². The molecule has 0 atom stereocenters. The molecule has 0 amide bonds. The van der Waals surface area contributed by atoms with Crippen LogP contribution in [0.1, 0.15) is 232 Å². The van der Waals surface area contributed by atoms with E-state index in [0.29, 0.717) is 13.0 Å². The van der Waals surface area contributed by atoms with E-state index in [4.69, 9.17) is 4.74 Å². The lowest BCUT2D eigenvalue weighted by atomic mass is 10.0. The fourth-order valence-corrected chi connectivity index (χ4v) is 5.90. The lowest BCUT2D eigenvalue weighted by molar-refractivity contribution is -0.143. The Morgan fingerprint density at radius 3 is 0.825 bits per heavy atom. The SMILES string of the molecule is CCCCCCCCCCCCCCCCCCCCC(=O)OCCCCCCCCCCCCCCCCC. The van der Waals surface area contributed by atoms with Gasteiger partial charge in [0.05, 0.1) is 6.61 Å². The molecular formula is C38H76O2. The van der Waals surface area contributed by atoms with Gasteiger partial charge in [0.15, 0.2) is 0 Å². The van der Waals surface area contributed by atoms with Gasteiger partial charge in [0.2, 0.25) is 0 Å². The fourth-order valence-electron chi connectivity index (χ4n) is 5.90. The molecule has 0 saturated heterocycles. The van der Waals surface area contributed by atoms with Crippen molar-refractivity contribution < 1.29 is 9.53 Å². The summed E-state index contributed by atoms with van der Waals surface area (Å²) in [5.74, 6) is 0.0295. The predicted molar refractivity (Wildman–Crippen MR) is 179 cm³/mol. The van der Waals surface area contributed by atoms with Crippen LogP contribution in [0.4, 0.5) is 0 Å². The van der Waals surface area contributed by atoms with Crippen molar-refractivity contribution in [1.29, 1.82) is 0 Å². The third-order valence-corrected chi connectivity index (χ3v) is 8.75. The highest BCUT2D eigenvalue weighted by molar-refractivity contribution is 5.69. The maximum Gasteiger partial charge on any atom is 0.305 e. The highest BCUT2D eigenvalue weighted by Gasteiger charge is 2.03. The number of rotatable bonds is 35. The van der Waals surface area contributed by atoms with Gasteiger partial charge in [-0.1, -0.05) is 213 Å². The van der Waals surface area contributed by atoms with Crippen LogP contribution in [-0.2, 0) is 9.53 Å². The van der Waals surface area contributed by atoms with Gasteiger partial charge >= 0.3 is 5.97 Å². The molecule has 0 bridgehead atoms. The highest BCUT2D eigenvalue weighted by Crippen LogP contribution is 2.16. The second-order valence-electron chi connectivity index (χ2n) is 12.9. The smallest absolute Gasteiger partial charge is 0.305 e. The lowest BCUT2D eigenvalue weighted by Crippen LogP contribution is -2.05. The van der Waals surface area contributed by atoms with E-state index >= 15 is 0 Å². The molecule has 2 nitrogen and oxygen atoms in total. The summed E-state index contributed by atoms with van der Waals surface area (Å²) < 4.78 is 5.45. The fraction of sp³-hybridized carbons (Fsp3) is 0.974. The quantitative estimate of drug-likeness (QED) is 0.0565. The Morgan fingerprint density at radius 1 is 0.325 bits per heavy atom. The minimum absolute atomic E-state index is 0.0295. The van der Waals surface area contributed by atoms with Crippen molar-refractivity contribution in [3.63, 3.8) is 0 Å². The Morgan fingerprint density at radius 2 is 0.550 bits per heavy atom. The van der Waals surface area contributed by atoms with Gasteiger partial charge in [-0.2, -0.15) is 0 Å². The Kier molecular flexibility index (Phi) is 36.0. The number of ether oxygens (including phenoxy) is 1. The van der Waals surface area contributed by atoms with E-state index < -0.39 is 0 Å². The van der Waals surface area contributed by atoms with Crippen molar-refractivity contribution in [3.8, 4) is 0 Å². The summed E-state index contributed by atoms with van der Waals surface area (Å²) in [6.45, 7) is 5.22. The van der Waals surface area contributed by atoms with Crippen LogP contribution in [0.2, 0.25) is 0 Å². The minimum atomic E-state index is 0.0295. The van der Waals surface area contributed by atoms with Crippen LogP contribution in [0.5, 0.6) is 0 Å². The summed E-state index contributed by atoms with van der Waals surface area (Å²) in [7, 11) is 0. The molecule has 0 aliphatic rings. The number of hydrogen-bond donors (Lipinski definition) is 0. The van der Waals surface area contributed by atoms with Crippen molar-refractivity contribution in [1.82, 2.24) is 0 Å². The number of carbonyl (C=O) groups is 1. The molecule has 0 heterocycles. The van der Waals surface area contributed by atoms with Crippen LogP contribution < -0.4 is 0 Å². The van der Waals surface area contributed by atoms with Crippen molar-refractivity contribution >= 4 is 5.97 Å². The molecule has 0 unspecified atom stereocenters.